The average molecular weight is 296 g/mol. The van der Waals surface area contributed by atoms with E-state index in [1.54, 1.807) is 12.3 Å². The molecule has 2 atom stereocenters. The predicted molar refractivity (Wildman–Crippen MR) is 84.5 cm³/mol. The first kappa shape index (κ1) is 14.7. The molecule has 0 aliphatic carbocycles. The first-order valence-electron chi connectivity index (χ1n) is 7.61. The van der Waals surface area contributed by atoms with Gasteiger partial charge in [-0.25, -0.2) is 0 Å². The number of rotatable bonds is 4. The molecule has 1 amide bonds. The molecular weight excluding hydrogens is 276 g/mol. The number of pyridine rings is 1. The van der Waals surface area contributed by atoms with Crippen molar-refractivity contribution in [2.75, 3.05) is 13.2 Å². The van der Waals surface area contributed by atoms with E-state index in [-0.39, 0.29) is 12.0 Å². The molecule has 2 heterocycles. The summed E-state index contributed by atoms with van der Waals surface area (Å²) >= 11 is 0. The van der Waals surface area contributed by atoms with Crippen molar-refractivity contribution in [1.82, 2.24) is 10.3 Å². The molecule has 1 aromatic heterocycles. The summed E-state index contributed by atoms with van der Waals surface area (Å²) in [5, 5.41) is 3.00. The molecule has 22 heavy (non-hydrogen) atoms. The van der Waals surface area contributed by atoms with Gasteiger partial charge in [-0.3, -0.25) is 9.78 Å². The Kier molecular flexibility index (Phi) is 4.49. The number of ether oxygens (including phenoxy) is 1. The SMILES string of the molecule is Cc1ccc(C(=O)NC[C@@H]2CCO[C@H]2c2ccccc2)cn1. The van der Waals surface area contributed by atoms with Crippen LogP contribution in [0.25, 0.3) is 0 Å². The maximum atomic E-state index is 12.2. The number of aromatic nitrogens is 1. The van der Waals surface area contributed by atoms with Gasteiger partial charge in [0.15, 0.2) is 0 Å². The van der Waals surface area contributed by atoms with E-state index >= 15 is 0 Å². The van der Waals surface area contributed by atoms with Gasteiger partial charge < -0.3 is 10.1 Å². The van der Waals surface area contributed by atoms with Crippen molar-refractivity contribution in [3.05, 3.63) is 65.5 Å². The van der Waals surface area contributed by atoms with Gasteiger partial charge >= 0.3 is 0 Å². The van der Waals surface area contributed by atoms with Crippen molar-refractivity contribution in [3.8, 4) is 0 Å². The molecule has 4 nitrogen and oxygen atoms in total. The second-order valence-electron chi connectivity index (χ2n) is 5.65. The van der Waals surface area contributed by atoms with Gasteiger partial charge in [-0.2, -0.15) is 0 Å². The molecule has 1 aliphatic heterocycles. The lowest BCUT2D eigenvalue weighted by molar-refractivity contribution is 0.0846. The second-order valence-corrected chi connectivity index (χ2v) is 5.65. The molecule has 1 fully saturated rings. The van der Waals surface area contributed by atoms with Crippen LogP contribution in [0.15, 0.2) is 48.7 Å². The van der Waals surface area contributed by atoms with E-state index < -0.39 is 0 Å². The third kappa shape index (κ3) is 3.34. The summed E-state index contributed by atoms with van der Waals surface area (Å²) in [5.41, 5.74) is 2.68. The minimum Gasteiger partial charge on any atom is -0.373 e. The van der Waals surface area contributed by atoms with E-state index in [0.29, 0.717) is 18.0 Å². The van der Waals surface area contributed by atoms with Gasteiger partial charge in [0.2, 0.25) is 0 Å². The average Bonchev–Trinajstić information content (AvgIpc) is 3.02. The molecule has 0 spiro atoms. The van der Waals surface area contributed by atoms with E-state index in [4.69, 9.17) is 4.74 Å². The quantitative estimate of drug-likeness (QED) is 0.944. The van der Waals surface area contributed by atoms with Crippen LogP contribution in [-0.4, -0.2) is 24.0 Å². The maximum absolute atomic E-state index is 12.2. The van der Waals surface area contributed by atoms with Crippen molar-refractivity contribution >= 4 is 5.91 Å². The number of nitrogens with one attached hydrogen (secondary N) is 1. The fraction of sp³-hybridized carbons (Fsp3) is 0.333. The Hall–Kier alpha value is -2.20. The number of carbonyl (C=O) groups is 1. The van der Waals surface area contributed by atoms with Crippen LogP contribution in [0.1, 0.15) is 34.1 Å². The van der Waals surface area contributed by atoms with Gasteiger partial charge in [-0.15, -0.1) is 0 Å². The molecular formula is C18H20N2O2. The standard InChI is InChI=1S/C18H20N2O2/c1-13-7-8-16(12-19-13)18(21)20-11-15-9-10-22-17(15)14-5-3-2-4-6-14/h2-8,12,15,17H,9-11H2,1H3,(H,20,21)/t15-,17-/m0/s1. The molecule has 1 saturated heterocycles. The van der Waals surface area contributed by atoms with E-state index in [0.717, 1.165) is 18.7 Å². The number of amides is 1. The number of hydrogen-bond acceptors (Lipinski definition) is 3. The highest BCUT2D eigenvalue weighted by Gasteiger charge is 2.29. The smallest absolute Gasteiger partial charge is 0.252 e. The van der Waals surface area contributed by atoms with Gasteiger partial charge in [0.1, 0.15) is 0 Å². The van der Waals surface area contributed by atoms with Crippen LogP contribution in [0, 0.1) is 12.8 Å². The largest absolute Gasteiger partial charge is 0.373 e. The highest BCUT2D eigenvalue weighted by atomic mass is 16.5. The zero-order valence-electron chi connectivity index (χ0n) is 12.7. The first-order chi connectivity index (χ1) is 10.7. The van der Waals surface area contributed by atoms with Crippen LogP contribution in [0.2, 0.25) is 0 Å². The molecule has 0 unspecified atom stereocenters. The third-order valence-corrected chi connectivity index (χ3v) is 4.04. The van der Waals surface area contributed by atoms with Crippen LogP contribution in [0.3, 0.4) is 0 Å². The molecule has 0 radical (unpaired) electrons. The Labute approximate surface area is 130 Å². The fourth-order valence-corrected chi connectivity index (χ4v) is 2.78. The lowest BCUT2D eigenvalue weighted by atomic mass is 9.95. The first-order valence-corrected chi connectivity index (χ1v) is 7.61. The zero-order chi connectivity index (χ0) is 15.4. The van der Waals surface area contributed by atoms with Crippen molar-refractivity contribution in [1.29, 1.82) is 0 Å². The van der Waals surface area contributed by atoms with E-state index in [9.17, 15) is 4.79 Å². The van der Waals surface area contributed by atoms with E-state index in [2.05, 4.69) is 22.4 Å². The summed E-state index contributed by atoms with van der Waals surface area (Å²) in [6, 6.07) is 13.8. The zero-order valence-corrected chi connectivity index (χ0v) is 12.7. The number of hydrogen-bond donors (Lipinski definition) is 1. The van der Waals surface area contributed by atoms with Crippen LogP contribution in [-0.2, 0) is 4.74 Å². The number of nitrogens with zero attached hydrogens (tertiary/aromatic N) is 1. The Bertz CT molecular complexity index is 625. The Morgan fingerprint density at radius 1 is 1.27 bits per heavy atom. The van der Waals surface area contributed by atoms with Gasteiger partial charge in [0.05, 0.1) is 11.7 Å². The summed E-state index contributed by atoms with van der Waals surface area (Å²) in [6.07, 6.45) is 2.65. The van der Waals surface area contributed by atoms with Crippen LogP contribution in [0.4, 0.5) is 0 Å². The molecule has 1 aliphatic rings. The highest BCUT2D eigenvalue weighted by Crippen LogP contribution is 2.33. The van der Waals surface area contributed by atoms with E-state index in [1.807, 2.05) is 31.2 Å². The number of benzene rings is 1. The lowest BCUT2D eigenvalue weighted by Gasteiger charge is -2.19. The highest BCUT2D eigenvalue weighted by molar-refractivity contribution is 5.93. The lowest BCUT2D eigenvalue weighted by Crippen LogP contribution is -2.30. The Morgan fingerprint density at radius 2 is 2.09 bits per heavy atom. The molecule has 2 aromatic rings. The van der Waals surface area contributed by atoms with Crippen molar-refractivity contribution < 1.29 is 9.53 Å². The monoisotopic (exact) mass is 296 g/mol. The normalized spacial score (nSPS) is 20.8. The predicted octanol–water partition coefficient (Wildman–Crippen LogP) is 2.90. The van der Waals surface area contributed by atoms with E-state index in [1.165, 1.54) is 5.56 Å². The second kappa shape index (κ2) is 6.71. The third-order valence-electron chi connectivity index (χ3n) is 4.04. The fourth-order valence-electron chi connectivity index (χ4n) is 2.78. The van der Waals surface area contributed by atoms with Crippen LogP contribution >= 0.6 is 0 Å². The van der Waals surface area contributed by atoms with Crippen molar-refractivity contribution in [2.24, 2.45) is 5.92 Å². The number of carbonyl (C=O) groups excluding carboxylic acids is 1. The maximum Gasteiger partial charge on any atom is 0.252 e. The molecule has 1 N–H and O–H groups in total. The molecule has 114 valence electrons. The summed E-state index contributed by atoms with van der Waals surface area (Å²) in [6.45, 7) is 3.26. The van der Waals surface area contributed by atoms with Gasteiger partial charge in [0, 0.05) is 31.0 Å². The number of aryl methyl sites for hydroxylation is 1. The topological polar surface area (TPSA) is 51.2 Å². The van der Waals surface area contributed by atoms with Crippen LogP contribution < -0.4 is 5.32 Å². The van der Waals surface area contributed by atoms with Gasteiger partial charge in [0.25, 0.3) is 5.91 Å². The molecule has 3 rings (SSSR count). The van der Waals surface area contributed by atoms with Gasteiger partial charge in [-0.05, 0) is 31.0 Å². The molecule has 1 aromatic carbocycles. The minimum atomic E-state index is -0.0776. The Balaban J connectivity index is 1.61. The summed E-state index contributed by atoms with van der Waals surface area (Å²) in [7, 11) is 0. The van der Waals surface area contributed by atoms with Crippen LogP contribution in [0.5, 0.6) is 0 Å². The minimum absolute atomic E-state index is 0.0673. The van der Waals surface area contributed by atoms with Gasteiger partial charge in [-0.1, -0.05) is 30.3 Å². The molecule has 4 heteroatoms. The van der Waals surface area contributed by atoms with Crippen molar-refractivity contribution in [2.45, 2.75) is 19.4 Å². The Morgan fingerprint density at radius 3 is 2.82 bits per heavy atom. The summed E-state index contributed by atoms with van der Waals surface area (Å²) in [4.78, 5) is 16.3. The molecule has 0 saturated carbocycles. The molecule has 0 bridgehead atoms. The summed E-state index contributed by atoms with van der Waals surface area (Å²) in [5.74, 6) is 0.232. The van der Waals surface area contributed by atoms with Crippen molar-refractivity contribution in [3.63, 3.8) is 0 Å². The summed E-state index contributed by atoms with van der Waals surface area (Å²) < 4.78 is 5.84.